The summed E-state index contributed by atoms with van der Waals surface area (Å²) in [4.78, 5) is 2.43. The molecule has 0 aromatic heterocycles. The van der Waals surface area contributed by atoms with Crippen LogP contribution in [0.2, 0.25) is 0 Å². The molecule has 122 valence electrons. The fraction of sp³-hybridized carbons (Fsp3) is 0.400. The van der Waals surface area contributed by atoms with Gasteiger partial charge in [-0.3, -0.25) is 4.90 Å². The molecule has 1 heterocycles. The number of hydrogen-bond donors (Lipinski definition) is 0. The van der Waals surface area contributed by atoms with E-state index in [1.165, 1.54) is 11.1 Å². The highest BCUT2D eigenvalue weighted by molar-refractivity contribution is 5.17. The summed E-state index contributed by atoms with van der Waals surface area (Å²) < 4.78 is 11.7. The fourth-order valence-corrected chi connectivity index (χ4v) is 3.01. The van der Waals surface area contributed by atoms with E-state index in [0.717, 1.165) is 19.6 Å². The Labute approximate surface area is 138 Å². The van der Waals surface area contributed by atoms with Gasteiger partial charge < -0.3 is 9.47 Å². The monoisotopic (exact) mass is 311 g/mol. The standard InChI is InChI=1S/C20H25NO2/c1-20(2)22-16-19(23-20)15-21(13-17-9-5-3-6-10-17)14-18-11-7-4-8-12-18/h3-12,19H,13-16H2,1-2H3. The molecule has 23 heavy (non-hydrogen) atoms. The molecule has 0 aliphatic carbocycles. The molecule has 1 fully saturated rings. The van der Waals surface area contributed by atoms with Gasteiger partial charge in [0.15, 0.2) is 5.79 Å². The minimum absolute atomic E-state index is 0.123. The molecule has 2 aromatic carbocycles. The van der Waals surface area contributed by atoms with Gasteiger partial charge in [0.2, 0.25) is 0 Å². The molecule has 0 bridgehead atoms. The Morgan fingerprint density at radius 3 is 1.87 bits per heavy atom. The lowest BCUT2D eigenvalue weighted by Gasteiger charge is -2.26. The van der Waals surface area contributed by atoms with Crippen LogP contribution < -0.4 is 0 Å². The molecule has 0 amide bonds. The van der Waals surface area contributed by atoms with Crippen molar-refractivity contribution in [1.29, 1.82) is 0 Å². The molecule has 0 saturated carbocycles. The summed E-state index contributed by atoms with van der Waals surface area (Å²) in [6.45, 7) is 7.31. The molecule has 0 N–H and O–H groups in total. The third-order valence-electron chi connectivity index (χ3n) is 4.03. The minimum Gasteiger partial charge on any atom is -0.348 e. The third-order valence-corrected chi connectivity index (χ3v) is 4.03. The zero-order chi connectivity index (χ0) is 16.1. The van der Waals surface area contributed by atoms with E-state index in [4.69, 9.17) is 9.47 Å². The van der Waals surface area contributed by atoms with Crippen molar-refractivity contribution in [1.82, 2.24) is 4.90 Å². The van der Waals surface area contributed by atoms with Gasteiger partial charge in [-0.15, -0.1) is 0 Å². The molecule has 2 aromatic rings. The van der Waals surface area contributed by atoms with E-state index in [-0.39, 0.29) is 6.10 Å². The van der Waals surface area contributed by atoms with Gasteiger partial charge in [-0.05, 0) is 25.0 Å². The van der Waals surface area contributed by atoms with Crippen LogP contribution in [0.1, 0.15) is 25.0 Å². The first-order chi connectivity index (χ1) is 11.1. The van der Waals surface area contributed by atoms with Gasteiger partial charge in [0.05, 0.1) is 12.7 Å². The van der Waals surface area contributed by atoms with Crippen molar-refractivity contribution in [2.45, 2.75) is 38.8 Å². The second kappa shape index (κ2) is 7.26. The van der Waals surface area contributed by atoms with Gasteiger partial charge in [-0.1, -0.05) is 60.7 Å². The lowest BCUT2D eigenvalue weighted by molar-refractivity contribution is -0.140. The SMILES string of the molecule is CC1(C)OCC(CN(Cc2ccccc2)Cc2ccccc2)O1. The first-order valence-corrected chi connectivity index (χ1v) is 8.23. The maximum Gasteiger partial charge on any atom is 0.163 e. The Morgan fingerprint density at radius 2 is 1.43 bits per heavy atom. The van der Waals surface area contributed by atoms with Crippen molar-refractivity contribution in [2.24, 2.45) is 0 Å². The van der Waals surface area contributed by atoms with Gasteiger partial charge in [-0.25, -0.2) is 0 Å². The van der Waals surface area contributed by atoms with Crippen LogP contribution in [-0.4, -0.2) is 29.9 Å². The van der Waals surface area contributed by atoms with Gasteiger partial charge in [-0.2, -0.15) is 0 Å². The largest absolute Gasteiger partial charge is 0.348 e. The lowest BCUT2D eigenvalue weighted by Crippen LogP contribution is -2.34. The zero-order valence-electron chi connectivity index (χ0n) is 13.9. The molecular formula is C20H25NO2. The van der Waals surface area contributed by atoms with Gasteiger partial charge in [0.1, 0.15) is 0 Å². The van der Waals surface area contributed by atoms with Crippen LogP contribution >= 0.6 is 0 Å². The molecule has 3 nitrogen and oxygen atoms in total. The Morgan fingerprint density at radius 1 is 0.913 bits per heavy atom. The Balaban J connectivity index is 1.68. The molecule has 3 heteroatoms. The summed E-state index contributed by atoms with van der Waals surface area (Å²) >= 11 is 0. The molecule has 0 spiro atoms. The van der Waals surface area contributed by atoms with Crippen LogP contribution in [0, 0.1) is 0 Å². The summed E-state index contributed by atoms with van der Waals surface area (Å²) in [5.41, 5.74) is 2.64. The van der Waals surface area contributed by atoms with Crippen LogP contribution in [0.25, 0.3) is 0 Å². The Hall–Kier alpha value is -1.68. The minimum atomic E-state index is -0.462. The number of ether oxygens (including phenoxy) is 2. The predicted molar refractivity (Wildman–Crippen MR) is 91.9 cm³/mol. The van der Waals surface area contributed by atoms with Crippen molar-refractivity contribution >= 4 is 0 Å². The number of hydrogen-bond acceptors (Lipinski definition) is 3. The van der Waals surface area contributed by atoms with Gasteiger partial charge in [0.25, 0.3) is 0 Å². The summed E-state index contributed by atoms with van der Waals surface area (Å²) in [5.74, 6) is -0.462. The quantitative estimate of drug-likeness (QED) is 0.809. The number of nitrogens with zero attached hydrogens (tertiary/aromatic N) is 1. The highest BCUT2D eigenvalue weighted by Gasteiger charge is 2.33. The van der Waals surface area contributed by atoms with Crippen molar-refractivity contribution < 1.29 is 9.47 Å². The second-order valence-corrected chi connectivity index (χ2v) is 6.59. The zero-order valence-corrected chi connectivity index (χ0v) is 13.9. The van der Waals surface area contributed by atoms with E-state index in [1.807, 2.05) is 13.8 Å². The van der Waals surface area contributed by atoms with E-state index in [2.05, 4.69) is 65.6 Å². The molecule has 1 unspecified atom stereocenters. The van der Waals surface area contributed by atoms with Crippen molar-refractivity contribution in [3.63, 3.8) is 0 Å². The van der Waals surface area contributed by atoms with Crippen molar-refractivity contribution in [3.05, 3.63) is 71.8 Å². The first kappa shape index (κ1) is 16.2. The molecule has 1 aliphatic rings. The smallest absolute Gasteiger partial charge is 0.163 e. The summed E-state index contributed by atoms with van der Waals surface area (Å²) in [6, 6.07) is 21.2. The van der Waals surface area contributed by atoms with Gasteiger partial charge >= 0.3 is 0 Å². The van der Waals surface area contributed by atoms with E-state index >= 15 is 0 Å². The highest BCUT2D eigenvalue weighted by Crippen LogP contribution is 2.23. The molecule has 0 radical (unpaired) electrons. The van der Waals surface area contributed by atoms with E-state index < -0.39 is 5.79 Å². The molecule has 3 rings (SSSR count). The second-order valence-electron chi connectivity index (χ2n) is 6.59. The maximum atomic E-state index is 5.99. The van der Waals surface area contributed by atoms with Crippen LogP contribution in [0.5, 0.6) is 0 Å². The van der Waals surface area contributed by atoms with Crippen molar-refractivity contribution in [3.8, 4) is 0 Å². The summed E-state index contributed by atoms with van der Waals surface area (Å²) in [7, 11) is 0. The maximum absolute atomic E-state index is 5.99. The first-order valence-electron chi connectivity index (χ1n) is 8.23. The molecule has 1 aliphatic heterocycles. The average Bonchev–Trinajstić information content (AvgIpc) is 2.88. The van der Waals surface area contributed by atoms with Crippen molar-refractivity contribution in [2.75, 3.05) is 13.2 Å². The Bertz CT molecular complexity index is 556. The normalized spacial score (nSPS) is 20.0. The van der Waals surface area contributed by atoms with E-state index in [1.54, 1.807) is 0 Å². The van der Waals surface area contributed by atoms with Gasteiger partial charge in [0, 0.05) is 19.6 Å². The van der Waals surface area contributed by atoms with Crippen LogP contribution in [0.15, 0.2) is 60.7 Å². The number of rotatable bonds is 6. The lowest BCUT2D eigenvalue weighted by atomic mass is 10.1. The van der Waals surface area contributed by atoms with E-state index in [0.29, 0.717) is 6.61 Å². The van der Waals surface area contributed by atoms with Crippen LogP contribution in [0.4, 0.5) is 0 Å². The third kappa shape index (κ3) is 4.90. The summed E-state index contributed by atoms with van der Waals surface area (Å²) in [6.07, 6.45) is 0.123. The molecule has 1 saturated heterocycles. The molecule has 1 atom stereocenters. The van der Waals surface area contributed by atoms with Crippen LogP contribution in [0.3, 0.4) is 0 Å². The average molecular weight is 311 g/mol. The Kier molecular flexibility index (Phi) is 5.11. The predicted octanol–water partition coefficient (Wildman–Crippen LogP) is 3.84. The fourth-order valence-electron chi connectivity index (χ4n) is 3.01. The summed E-state index contributed by atoms with van der Waals surface area (Å²) in [5, 5.41) is 0. The van der Waals surface area contributed by atoms with Crippen LogP contribution in [-0.2, 0) is 22.6 Å². The highest BCUT2D eigenvalue weighted by atomic mass is 16.7. The van der Waals surface area contributed by atoms with E-state index in [9.17, 15) is 0 Å². The topological polar surface area (TPSA) is 21.7 Å². The number of benzene rings is 2. The molecular weight excluding hydrogens is 286 g/mol.